The molecule has 2 amide bonds. The highest BCUT2D eigenvalue weighted by Gasteiger charge is 2.35. The summed E-state index contributed by atoms with van der Waals surface area (Å²) < 4.78 is 42.3. The molecular weight excluding hydrogens is 277 g/mol. The molecule has 1 aliphatic rings. The van der Waals surface area contributed by atoms with Gasteiger partial charge in [-0.1, -0.05) is 6.07 Å². The van der Waals surface area contributed by atoms with E-state index in [0.29, 0.717) is 0 Å². The first kappa shape index (κ1) is 14.2. The van der Waals surface area contributed by atoms with Gasteiger partial charge >= 0.3 is 12.3 Å². The van der Waals surface area contributed by atoms with Crippen molar-refractivity contribution in [3.8, 4) is 0 Å². The minimum atomic E-state index is -4.48. The second-order valence-electron chi connectivity index (χ2n) is 4.27. The lowest BCUT2D eigenvalue weighted by Crippen LogP contribution is -2.40. The number of halogens is 3. The highest BCUT2D eigenvalue weighted by molar-refractivity contribution is 5.97. The van der Waals surface area contributed by atoms with Gasteiger partial charge in [-0.25, -0.2) is 4.79 Å². The number of amides is 2. The van der Waals surface area contributed by atoms with Gasteiger partial charge in [-0.2, -0.15) is 13.2 Å². The molecule has 1 aromatic carbocycles. The van der Waals surface area contributed by atoms with Gasteiger partial charge in [-0.15, -0.1) is 0 Å². The van der Waals surface area contributed by atoms with Crippen molar-refractivity contribution >= 4 is 17.7 Å². The summed E-state index contributed by atoms with van der Waals surface area (Å²) >= 11 is 0. The molecule has 0 bridgehead atoms. The van der Waals surface area contributed by atoms with Crippen molar-refractivity contribution in [1.82, 2.24) is 4.90 Å². The SMILES string of the molecule is CN1C(=O)OCC1C(=O)Nc1cccc(C(F)(F)F)c1. The van der Waals surface area contributed by atoms with Crippen LogP contribution in [-0.4, -0.2) is 36.6 Å². The number of anilines is 1. The largest absolute Gasteiger partial charge is 0.447 e. The van der Waals surface area contributed by atoms with Gasteiger partial charge < -0.3 is 10.1 Å². The Morgan fingerprint density at radius 2 is 2.15 bits per heavy atom. The monoisotopic (exact) mass is 288 g/mol. The van der Waals surface area contributed by atoms with Crippen LogP contribution in [0.5, 0.6) is 0 Å². The van der Waals surface area contributed by atoms with Gasteiger partial charge in [0.25, 0.3) is 5.91 Å². The minimum Gasteiger partial charge on any atom is -0.447 e. The van der Waals surface area contributed by atoms with Crippen LogP contribution in [0.4, 0.5) is 23.7 Å². The van der Waals surface area contributed by atoms with Crippen LogP contribution in [0.25, 0.3) is 0 Å². The zero-order chi connectivity index (χ0) is 14.9. The molecule has 1 N–H and O–H groups in total. The van der Waals surface area contributed by atoms with Gasteiger partial charge in [0.15, 0.2) is 0 Å². The number of nitrogens with zero attached hydrogens (tertiary/aromatic N) is 1. The van der Waals surface area contributed by atoms with E-state index in [-0.39, 0.29) is 12.3 Å². The van der Waals surface area contributed by atoms with Crippen LogP contribution in [0.2, 0.25) is 0 Å². The van der Waals surface area contributed by atoms with E-state index in [1.807, 2.05) is 0 Å². The molecule has 1 fully saturated rings. The molecule has 2 rings (SSSR count). The van der Waals surface area contributed by atoms with Gasteiger partial charge in [0.1, 0.15) is 12.6 Å². The molecule has 0 radical (unpaired) electrons. The molecule has 108 valence electrons. The Morgan fingerprint density at radius 1 is 1.45 bits per heavy atom. The fourth-order valence-corrected chi connectivity index (χ4v) is 1.74. The Morgan fingerprint density at radius 3 is 2.70 bits per heavy atom. The smallest absolute Gasteiger partial charge is 0.416 e. The van der Waals surface area contributed by atoms with Crippen molar-refractivity contribution in [2.75, 3.05) is 19.0 Å². The fraction of sp³-hybridized carbons (Fsp3) is 0.333. The van der Waals surface area contributed by atoms with E-state index >= 15 is 0 Å². The van der Waals surface area contributed by atoms with Gasteiger partial charge in [-0.3, -0.25) is 9.69 Å². The van der Waals surface area contributed by atoms with Crippen molar-refractivity contribution < 1.29 is 27.5 Å². The van der Waals surface area contributed by atoms with E-state index < -0.39 is 29.8 Å². The Labute approximate surface area is 112 Å². The average Bonchev–Trinajstić information content (AvgIpc) is 2.69. The third-order valence-electron chi connectivity index (χ3n) is 2.88. The molecule has 1 heterocycles. The maximum absolute atomic E-state index is 12.5. The topological polar surface area (TPSA) is 58.6 Å². The second-order valence-corrected chi connectivity index (χ2v) is 4.27. The first-order valence-corrected chi connectivity index (χ1v) is 5.67. The number of rotatable bonds is 2. The number of alkyl halides is 3. The molecule has 1 saturated heterocycles. The average molecular weight is 288 g/mol. The molecule has 1 unspecified atom stereocenters. The minimum absolute atomic E-state index is 0.0116. The van der Waals surface area contributed by atoms with E-state index in [9.17, 15) is 22.8 Å². The first-order valence-electron chi connectivity index (χ1n) is 5.67. The molecule has 0 aromatic heterocycles. The summed E-state index contributed by atoms with van der Waals surface area (Å²) in [5, 5.41) is 2.33. The summed E-state index contributed by atoms with van der Waals surface area (Å²) in [6.45, 7) is -0.125. The van der Waals surface area contributed by atoms with Crippen molar-refractivity contribution in [2.45, 2.75) is 12.2 Å². The number of likely N-dealkylation sites (N-methyl/N-ethyl adjacent to an activating group) is 1. The van der Waals surface area contributed by atoms with Crippen LogP contribution in [-0.2, 0) is 15.7 Å². The molecule has 20 heavy (non-hydrogen) atoms. The normalized spacial score (nSPS) is 18.9. The zero-order valence-corrected chi connectivity index (χ0v) is 10.4. The summed E-state index contributed by atoms with van der Waals surface area (Å²) in [7, 11) is 1.38. The molecule has 5 nitrogen and oxygen atoms in total. The first-order chi connectivity index (χ1) is 9.29. The predicted molar refractivity (Wildman–Crippen MR) is 63.0 cm³/mol. The van der Waals surface area contributed by atoms with E-state index in [1.165, 1.54) is 19.2 Å². The van der Waals surface area contributed by atoms with Crippen molar-refractivity contribution in [2.24, 2.45) is 0 Å². The third-order valence-corrected chi connectivity index (χ3v) is 2.88. The maximum Gasteiger partial charge on any atom is 0.416 e. The van der Waals surface area contributed by atoms with Gasteiger partial charge in [0, 0.05) is 12.7 Å². The van der Waals surface area contributed by atoms with Crippen LogP contribution in [0.15, 0.2) is 24.3 Å². The summed E-state index contributed by atoms with van der Waals surface area (Å²) in [5.74, 6) is -0.599. The van der Waals surface area contributed by atoms with Gasteiger partial charge in [0.05, 0.1) is 5.56 Å². The van der Waals surface area contributed by atoms with Gasteiger partial charge in [-0.05, 0) is 18.2 Å². The third kappa shape index (κ3) is 2.84. The quantitative estimate of drug-likeness (QED) is 0.906. The molecule has 0 saturated carbocycles. The Hall–Kier alpha value is -2.25. The molecular formula is C12H11F3N2O3. The molecule has 0 aliphatic carbocycles. The molecule has 0 spiro atoms. The number of benzene rings is 1. The van der Waals surface area contributed by atoms with Crippen LogP contribution in [0.1, 0.15) is 5.56 Å². The van der Waals surface area contributed by atoms with Crippen LogP contribution >= 0.6 is 0 Å². The van der Waals surface area contributed by atoms with Crippen molar-refractivity contribution in [3.63, 3.8) is 0 Å². The Bertz CT molecular complexity index is 545. The molecule has 1 aliphatic heterocycles. The zero-order valence-electron chi connectivity index (χ0n) is 10.4. The summed E-state index contributed by atoms with van der Waals surface area (Å²) in [4.78, 5) is 24.1. The van der Waals surface area contributed by atoms with Crippen LogP contribution < -0.4 is 5.32 Å². The lowest BCUT2D eigenvalue weighted by atomic mass is 10.2. The number of hydrogen-bond acceptors (Lipinski definition) is 3. The number of ether oxygens (including phenoxy) is 1. The summed E-state index contributed by atoms with van der Waals surface area (Å²) in [5.41, 5.74) is -0.847. The highest BCUT2D eigenvalue weighted by Crippen LogP contribution is 2.30. The lowest BCUT2D eigenvalue weighted by Gasteiger charge is -2.16. The molecule has 8 heteroatoms. The van der Waals surface area contributed by atoms with Crippen LogP contribution in [0, 0.1) is 0 Å². The number of cyclic esters (lactones) is 1. The Balaban J connectivity index is 2.11. The lowest BCUT2D eigenvalue weighted by molar-refractivity contribution is -0.137. The van der Waals surface area contributed by atoms with E-state index in [2.05, 4.69) is 10.1 Å². The number of carbonyl (C=O) groups excluding carboxylic acids is 2. The highest BCUT2D eigenvalue weighted by atomic mass is 19.4. The van der Waals surface area contributed by atoms with Crippen molar-refractivity contribution in [3.05, 3.63) is 29.8 Å². The van der Waals surface area contributed by atoms with E-state index in [4.69, 9.17) is 0 Å². The summed E-state index contributed by atoms with van der Waals surface area (Å²) in [6.07, 6.45) is -5.13. The fourth-order valence-electron chi connectivity index (χ4n) is 1.74. The standard InChI is InChI=1S/C12H11F3N2O3/c1-17-9(6-20-11(17)19)10(18)16-8-4-2-3-7(5-8)12(13,14)15/h2-5,9H,6H2,1H3,(H,16,18). The number of carbonyl (C=O) groups is 2. The Kier molecular flexibility index (Phi) is 3.56. The summed E-state index contributed by atoms with van der Waals surface area (Å²) in [6, 6.07) is 3.42. The maximum atomic E-state index is 12.5. The van der Waals surface area contributed by atoms with E-state index in [0.717, 1.165) is 17.0 Å². The van der Waals surface area contributed by atoms with Gasteiger partial charge in [0.2, 0.25) is 0 Å². The predicted octanol–water partition coefficient (Wildman–Crippen LogP) is 2.09. The number of hydrogen-bond donors (Lipinski definition) is 1. The van der Waals surface area contributed by atoms with E-state index in [1.54, 1.807) is 0 Å². The number of nitrogens with one attached hydrogen (secondary N) is 1. The van der Waals surface area contributed by atoms with Crippen molar-refractivity contribution in [1.29, 1.82) is 0 Å². The molecule has 1 atom stereocenters. The second kappa shape index (κ2) is 5.03. The van der Waals surface area contributed by atoms with Crippen LogP contribution in [0.3, 0.4) is 0 Å². The molecule has 1 aromatic rings.